The zero-order valence-corrected chi connectivity index (χ0v) is 16.6. The fraction of sp³-hybridized carbons (Fsp3) is 0.318. The minimum absolute atomic E-state index is 0.0460. The fourth-order valence-electron chi connectivity index (χ4n) is 4.14. The monoisotopic (exact) mass is 396 g/mol. The number of aromatic nitrogens is 1. The normalized spacial score (nSPS) is 19.7. The zero-order valence-electron chi connectivity index (χ0n) is 15.9. The summed E-state index contributed by atoms with van der Waals surface area (Å²) in [6.07, 6.45) is 5.56. The Morgan fingerprint density at radius 2 is 1.93 bits per heavy atom. The maximum absolute atomic E-state index is 13.3. The van der Waals surface area contributed by atoms with E-state index in [1.54, 1.807) is 30.5 Å². The number of amides is 1. The van der Waals surface area contributed by atoms with E-state index in [0.717, 1.165) is 28.8 Å². The van der Waals surface area contributed by atoms with Crippen molar-refractivity contribution in [2.24, 2.45) is 0 Å². The molecule has 4 rings (SSSR count). The van der Waals surface area contributed by atoms with Gasteiger partial charge in [-0.2, -0.15) is 0 Å². The minimum Gasteiger partial charge on any atom is -0.495 e. The van der Waals surface area contributed by atoms with Gasteiger partial charge in [0.05, 0.1) is 12.8 Å². The van der Waals surface area contributed by atoms with Gasteiger partial charge in [-0.1, -0.05) is 11.6 Å². The van der Waals surface area contributed by atoms with Crippen LogP contribution in [0.3, 0.4) is 0 Å². The maximum Gasteiger partial charge on any atom is 0.232 e. The summed E-state index contributed by atoms with van der Waals surface area (Å²) < 4.78 is 5.51. The molecule has 2 heterocycles. The van der Waals surface area contributed by atoms with E-state index in [9.17, 15) is 9.59 Å². The molecule has 0 saturated heterocycles. The number of hydrogen-bond acceptors (Lipinski definition) is 4. The van der Waals surface area contributed by atoms with E-state index >= 15 is 0 Å². The van der Waals surface area contributed by atoms with Crippen molar-refractivity contribution in [3.8, 4) is 5.75 Å². The second kappa shape index (κ2) is 7.40. The van der Waals surface area contributed by atoms with Crippen molar-refractivity contribution in [2.75, 3.05) is 12.0 Å². The van der Waals surface area contributed by atoms with Crippen LogP contribution in [0.25, 0.3) is 0 Å². The number of pyridine rings is 1. The Bertz CT molecular complexity index is 985. The van der Waals surface area contributed by atoms with Crippen LogP contribution in [0.1, 0.15) is 42.7 Å². The second-order valence-corrected chi connectivity index (χ2v) is 7.58. The number of benzene rings is 1. The quantitative estimate of drug-likeness (QED) is 0.761. The van der Waals surface area contributed by atoms with Crippen LogP contribution in [-0.4, -0.2) is 23.8 Å². The zero-order chi connectivity index (χ0) is 19.8. The Kier molecular flexibility index (Phi) is 4.94. The number of carbonyl (C=O) groups excluding carboxylic acids is 2. The molecule has 1 unspecified atom stereocenters. The lowest BCUT2D eigenvalue weighted by Gasteiger charge is -2.38. The summed E-state index contributed by atoms with van der Waals surface area (Å²) in [4.78, 5) is 31.9. The van der Waals surface area contributed by atoms with Crippen LogP contribution >= 0.6 is 11.6 Å². The number of ketones is 1. The number of ether oxygens (including phenoxy) is 1. The maximum atomic E-state index is 13.3. The largest absolute Gasteiger partial charge is 0.495 e. The van der Waals surface area contributed by atoms with Crippen molar-refractivity contribution in [1.82, 2.24) is 4.98 Å². The molecule has 1 atom stereocenters. The molecular formula is C22H21ClN2O3. The topological polar surface area (TPSA) is 59.5 Å². The van der Waals surface area contributed by atoms with Crippen LogP contribution in [0, 0.1) is 6.92 Å². The molecule has 1 aromatic carbocycles. The van der Waals surface area contributed by atoms with Crippen molar-refractivity contribution in [3.63, 3.8) is 0 Å². The standard InChI is InChI=1S/C22H21ClN2O3/c1-13-10-18(20(28-2)12-16(13)23)25-17-4-3-5-19(26)22(17)15(11-21(25)27)14-6-8-24-9-7-14/h6-10,12,15H,3-5,11H2,1-2H3. The summed E-state index contributed by atoms with van der Waals surface area (Å²) in [6.45, 7) is 1.89. The Morgan fingerprint density at radius 3 is 2.64 bits per heavy atom. The molecule has 0 spiro atoms. The van der Waals surface area contributed by atoms with E-state index in [1.165, 1.54) is 0 Å². The third-order valence-corrected chi connectivity index (χ3v) is 5.89. The second-order valence-electron chi connectivity index (χ2n) is 7.18. The molecule has 0 radical (unpaired) electrons. The number of rotatable bonds is 3. The number of carbonyl (C=O) groups is 2. The number of allylic oxidation sites excluding steroid dienone is 2. The van der Waals surface area contributed by atoms with Gasteiger partial charge < -0.3 is 4.74 Å². The van der Waals surface area contributed by atoms with Crippen LogP contribution in [0.5, 0.6) is 5.75 Å². The summed E-state index contributed by atoms with van der Waals surface area (Å²) >= 11 is 6.25. The van der Waals surface area contributed by atoms with Gasteiger partial charge in [0.25, 0.3) is 0 Å². The van der Waals surface area contributed by atoms with Crippen molar-refractivity contribution in [1.29, 1.82) is 0 Å². The predicted octanol–water partition coefficient (Wildman–Crippen LogP) is 4.58. The third kappa shape index (κ3) is 3.10. The van der Waals surface area contributed by atoms with Gasteiger partial charge in [0.15, 0.2) is 5.78 Å². The van der Waals surface area contributed by atoms with Crippen LogP contribution in [0.4, 0.5) is 5.69 Å². The van der Waals surface area contributed by atoms with Crippen molar-refractivity contribution in [3.05, 3.63) is 64.1 Å². The molecule has 5 nitrogen and oxygen atoms in total. The number of halogens is 1. The average molecular weight is 397 g/mol. The lowest BCUT2D eigenvalue weighted by atomic mass is 9.77. The van der Waals surface area contributed by atoms with E-state index < -0.39 is 0 Å². The highest BCUT2D eigenvalue weighted by atomic mass is 35.5. The Labute approximate surface area is 169 Å². The van der Waals surface area contributed by atoms with Gasteiger partial charge in [-0.25, -0.2) is 0 Å². The van der Waals surface area contributed by atoms with E-state index in [1.807, 2.05) is 25.1 Å². The van der Waals surface area contributed by atoms with E-state index in [2.05, 4.69) is 4.98 Å². The molecule has 0 saturated carbocycles. The SMILES string of the molecule is COc1cc(Cl)c(C)cc1N1C(=O)CC(c2ccncc2)C2=C1CCCC2=O. The van der Waals surface area contributed by atoms with Gasteiger partial charge in [-0.3, -0.25) is 19.5 Å². The lowest BCUT2D eigenvalue weighted by molar-refractivity contribution is -0.119. The molecule has 1 amide bonds. The fourth-order valence-corrected chi connectivity index (χ4v) is 4.29. The van der Waals surface area contributed by atoms with E-state index in [4.69, 9.17) is 16.3 Å². The highest BCUT2D eigenvalue weighted by Crippen LogP contribution is 2.46. The first-order valence-electron chi connectivity index (χ1n) is 9.34. The molecule has 6 heteroatoms. The lowest BCUT2D eigenvalue weighted by Crippen LogP contribution is -2.40. The van der Waals surface area contributed by atoms with Gasteiger partial charge in [0, 0.05) is 53.5 Å². The first-order valence-corrected chi connectivity index (χ1v) is 9.72. The van der Waals surface area contributed by atoms with E-state index in [-0.39, 0.29) is 24.0 Å². The van der Waals surface area contributed by atoms with Gasteiger partial charge in [0.2, 0.25) is 5.91 Å². The number of methoxy groups -OCH3 is 1. The minimum atomic E-state index is -0.228. The van der Waals surface area contributed by atoms with Crippen LogP contribution in [0.15, 0.2) is 47.9 Å². The number of hydrogen-bond donors (Lipinski definition) is 0. The molecule has 1 aliphatic heterocycles. The van der Waals surface area contributed by atoms with Crippen molar-refractivity contribution >= 4 is 29.0 Å². The molecule has 144 valence electrons. The number of aryl methyl sites for hydroxylation is 1. The molecule has 0 bridgehead atoms. The molecule has 2 aliphatic rings. The van der Waals surface area contributed by atoms with Gasteiger partial charge in [0.1, 0.15) is 5.75 Å². The highest BCUT2D eigenvalue weighted by molar-refractivity contribution is 6.31. The molecule has 1 aromatic heterocycles. The summed E-state index contributed by atoms with van der Waals surface area (Å²) in [5, 5.41) is 0.577. The molecular weight excluding hydrogens is 376 g/mol. The number of nitrogens with zero attached hydrogens (tertiary/aromatic N) is 2. The van der Waals surface area contributed by atoms with Crippen molar-refractivity contribution in [2.45, 2.75) is 38.5 Å². The molecule has 1 aliphatic carbocycles. The molecule has 2 aromatic rings. The van der Waals surface area contributed by atoms with Crippen molar-refractivity contribution < 1.29 is 14.3 Å². The summed E-state index contributed by atoms with van der Waals surface area (Å²) in [5.74, 6) is 0.366. The van der Waals surface area contributed by atoms with Crippen LogP contribution in [0.2, 0.25) is 5.02 Å². The summed E-state index contributed by atoms with van der Waals surface area (Å²) in [7, 11) is 1.56. The van der Waals surface area contributed by atoms with E-state index in [0.29, 0.717) is 29.3 Å². The molecule has 0 fully saturated rings. The van der Waals surface area contributed by atoms with Gasteiger partial charge in [-0.15, -0.1) is 0 Å². The van der Waals surface area contributed by atoms with Gasteiger partial charge in [-0.05, 0) is 49.1 Å². The Balaban J connectivity index is 1.91. The summed E-state index contributed by atoms with van der Waals surface area (Å²) in [5.41, 5.74) is 3.97. The highest BCUT2D eigenvalue weighted by Gasteiger charge is 2.40. The molecule has 0 N–H and O–H groups in total. The van der Waals surface area contributed by atoms with Crippen LogP contribution < -0.4 is 9.64 Å². The van der Waals surface area contributed by atoms with Crippen LogP contribution in [-0.2, 0) is 9.59 Å². The number of anilines is 1. The first kappa shape index (κ1) is 18.7. The first-order chi connectivity index (χ1) is 13.5. The summed E-state index contributed by atoms with van der Waals surface area (Å²) in [6, 6.07) is 7.34. The Morgan fingerprint density at radius 1 is 1.18 bits per heavy atom. The predicted molar refractivity (Wildman–Crippen MR) is 108 cm³/mol. The third-order valence-electron chi connectivity index (χ3n) is 5.48. The Hall–Kier alpha value is -2.66. The smallest absolute Gasteiger partial charge is 0.232 e. The van der Waals surface area contributed by atoms with Gasteiger partial charge >= 0.3 is 0 Å². The number of Topliss-reactive ketones (excluding diaryl/α,β-unsaturated/α-hetero) is 1. The molecule has 28 heavy (non-hydrogen) atoms. The average Bonchev–Trinajstić information content (AvgIpc) is 2.70.